The lowest BCUT2D eigenvalue weighted by atomic mass is 10.0. The molecule has 7 nitrogen and oxygen atoms in total. The van der Waals surface area contributed by atoms with Crippen LogP contribution in [0.25, 0.3) is 0 Å². The fourth-order valence-electron chi connectivity index (χ4n) is 3.53. The van der Waals surface area contributed by atoms with Crippen LogP contribution in [0.15, 0.2) is 22.7 Å². The third-order valence-corrected chi connectivity index (χ3v) is 5.40. The van der Waals surface area contributed by atoms with Gasteiger partial charge in [0.05, 0.1) is 6.54 Å². The molecule has 0 bridgehead atoms. The minimum absolute atomic E-state index is 0.0215. The van der Waals surface area contributed by atoms with Crippen molar-refractivity contribution >= 4 is 33.8 Å². The van der Waals surface area contributed by atoms with Crippen LogP contribution in [0.1, 0.15) is 24.8 Å². The molecule has 152 valence electrons. The third-order valence-electron chi connectivity index (χ3n) is 4.91. The highest BCUT2D eigenvalue weighted by Gasteiger charge is 2.37. The molecule has 1 aromatic carbocycles. The summed E-state index contributed by atoms with van der Waals surface area (Å²) in [7, 11) is 0. The number of alkyl halides is 2. The lowest BCUT2D eigenvalue weighted by Gasteiger charge is -2.35. The Kier molecular flexibility index (Phi) is 6.48. The number of nitrogens with one attached hydrogen (secondary N) is 1. The predicted octanol–water partition coefficient (Wildman–Crippen LogP) is 2.53. The normalized spacial score (nSPS) is 18.0. The minimum atomic E-state index is -2.93. The minimum Gasteiger partial charge on any atom is -0.435 e. The topological polar surface area (TPSA) is 79.0 Å². The molecule has 10 heteroatoms. The first-order valence-electron chi connectivity index (χ1n) is 8.96. The number of imide groups is 1. The van der Waals surface area contributed by atoms with Gasteiger partial charge in [-0.3, -0.25) is 14.5 Å². The summed E-state index contributed by atoms with van der Waals surface area (Å²) in [6.07, 6.45) is 1.49. The molecule has 0 radical (unpaired) electrons. The van der Waals surface area contributed by atoms with Crippen LogP contribution >= 0.6 is 15.9 Å². The maximum Gasteiger partial charge on any atom is 0.387 e. The van der Waals surface area contributed by atoms with Gasteiger partial charge in [0.2, 0.25) is 11.8 Å². The number of piperidine rings is 1. The largest absolute Gasteiger partial charge is 0.435 e. The second kappa shape index (κ2) is 8.85. The van der Waals surface area contributed by atoms with Crippen LogP contribution in [-0.4, -0.2) is 59.9 Å². The highest BCUT2D eigenvalue weighted by Crippen LogP contribution is 2.27. The fraction of sp³-hybridized carbons (Fsp3) is 0.500. The molecule has 2 heterocycles. The summed E-state index contributed by atoms with van der Waals surface area (Å²) < 4.78 is 30.3. The van der Waals surface area contributed by atoms with Crippen LogP contribution in [0.2, 0.25) is 0 Å². The predicted molar refractivity (Wildman–Crippen MR) is 98.9 cm³/mol. The molecule has 0 saturated carbocycles. The lowest BCUT2D eigenvalue weighted by Crippen LogP contribution is -2.49. The first-order valence-corrected chi connectivity index (χ1v) is 9.75. The zero-order chi connectivity index (χ0) is 20.3. The smallest absolute Gasteiger partial charge is 0.387 e. The zero-order valence-electron chi connectivity index (χ0n) is 15.0. The van der Waals surface area contributed by atoms with Gasteiger partial charge in [-0.15, -0.1) is 0 Å². The van der Waals surface area contributed by atoms with Crippen LogP contribution in [-0.2, 0) is 16.0 Å². The standard InChI is InChI=1S/C18H20BrF2N3O4/c19-12-2-3-14(28-17(20)21)11(9-12)1-4-15(25)23-7-5-13(6-8-23)24-16(26)10-22-18(24)27/h2-3,9,13,17H,1,4-8,10H2,(H,22,27). The Morgan fingerprint density at radius 2 is 2.00 bits per heavy atom. The molecule has 2 saturated heterocycles. The molecule has 1 N–H and O–H groups in total. The highest BCUT2D eigenvalue weighted by atomic mass is 79.9. The Labute approximate surface area is 169 Å². The molecule has 28 heavy (non-hydrogen) atoms. The Bertz CT molecular complexity index is 753. The van der Waals surface area contributed by atoms with E-state index in [9.17, 15) is 23.2 Å². The summed E-state index contributed by atoms with van der Waals surface area (Å²) in [6, 6.07) is 4.13. The van der Waals surface area contributed by atoms with Gasteiger partial charge in [0.1, 0.15) is 5.75 Å². The molecule has 4 amide bonds. The third kappa shape index (κ3) is 4.78. The molecule has 0 aromatic heterocycles. The molecule has 0 atom stereocenters. The fourth-order valence-corrected chi connectivity index (χ4v) is 3.94. The van der Waals surface area contributed by atoms with Crippen molar-refractivity contribution in [2.45, 2.75) is 38.3 Å². The van der Waals surface area contributed by atoms with Crippen molar-refractivity contribution in [3.8, 4) is 5.75 Å². The van der Waals surface area contributed by atoms with E-state index in [0.717, 1.165) is 0 Å². The number of amides is 4. The average molecular weight is 460 g/mol. The van der Waals surface area contributed by atoms with Gasteiger partial charge in [-0.2, -0.15) is 8.78 Å². The zero-order valence-corrected chi connectivity index (χ0v) is 16.6. The molecule has 0 spiro atoms. The number of carbonyl (C=O) groups excluding carboxylic acids is 3. The number of halogens is 3. The molecule has 1 aromatic rings. The van der Waals surface area contributed by atoms with Crippen molar-refractivity contribution in [2.75, 3.05) is 19.6 Å². The van der Waals surface area contributed by atoms with E-state index in [1.54, 1.807) is 17.0 Å². The quantitative estimate of drug-likeness (QED) is 0.662. The monoisotopic (exact) mass is 459 g/mol. The Morgan fingerprint density at radius 3 is 2.61 bits per heavy atom. The van der Waals surface area contributed by atoms with E-state index < -0.39 is 6.61 Å². The molecule has 3 rings (SSSR count). The van der Waals surface area contributed by atoms with E-state index in [0.29, 0.717) is 36.0 Å². The Morgan fingerprint density at radius 1 is 1.29 bits per heavy atom. The van der Waals surface area contributed by atoms with Crippen LogP contribution in [0.3, 0.4) is 0 Å². The summed E-state index contributed by atoms with van der Waals surface area (Å²) in [6.45, 7) is -2.02. The van der Waals surface area contributed by atoms with E-state index in [2.05, 4.69) is 26.0 Å². The summed E-state index contributed by atoms with van der Waals surface area (Å²) in [5, 5.41) is 2.50. The van der Waals surface area contributed by atoms with Crippen LogP contribution in [0, 0.1) is 0 Å². The Hall–Kier alpha value is -2.23. The SMILES string of the molecule is O=C(CCc1cc(Br)ccc1OC(F)F)N1CCC(N2C(=O)CNC2=O)CC1. The molecule has 0 unspecified atom stereocenters. The number of carbonyl (C=O) groups is 3. The molecular weight excluding hydrogens is 440 g/mol. The van der Waals surface area contributed by atoms with Crippen molar-refractivity contribution in [3.05, 3.63) is 28.2 Å². The average Bonchev–Trinajstić information content (AvgIpc) is 3.00. The molecular formula is C18H20BrF2N3O4. The number of rotatable bonds is 6. The van der Waals surface area contributed by atoms with Crippen molar-refractivity contribution in [2.24, 2.45) is 0 Å². The van der Waals surface area contributed by atoms with Crippen molar-refractivity contribution in [3.63, 3.8) is 0 Å². The number of aryl methyl sites for hydroxylation is 1. The van der Waals surface area contributed by atoms with Gasteiger partial charge in [-0.05, 0) is 43.0 Å². The van der Waals surface area contributed by atoms with E-state index in [-0.39, 0.29) is 49.0 Å². The summed E-state index contributed by atoms with van der Waals surface area (Å²) in [5.41, 5.74) is 0.525. The maximum atomic E-state index is 12.5. The first-order chi connectivity index (χ1) is 13.3. The van der Waals surface area contributed by atoms with Gasteiger partial charge >= 0.3 is 12.6 Å². The van der Waals surface area contributed by atoms with Gasteiger partial charge in [-0.1, -0.05) is 15.9 Å². The number of benzene rings is 1. The highest BCUT2D eigenvalue weighted by molar-refractivity contribution is 9.10. The summed E-state index contributed by atoms with van der Waals surface area (Å²) >= 11 is 3.29. The number of urea groups is 1. The van der Waals surface area contributed by atoms with E-state index >= 15 is 0 Å². The van der Waals surface area contributed by atoms with Crippen molar-refractivity contribution in [1.29, 1.82) is 0 Å². The van der Waals surface area contributed by atoms with Gasteiger partial charge in [0.25, 0.3) is 0 Å². The van der Waals surface area contributed by atoms with E-state index in [1.165, 1.54) is 11.0 Å². The first kappa shape index (κ1) is 20.5. The maximum absolute atomic E-state index is 12.5. The van der Waals surface area contributed by atoms with Crippen LogP contribution < -0.4 is 10.1 Å². The van der Waals surface area contributed by atoms with Crippen molar-refractivity contribution < 1.29 is 27.9 Å². The summed E-state index contributed by atoms with van der Waals surface area (Å²) in [4.78, 5) is 39.0. The van der Waals surface area contributed by atoms with Crippen molar-refractivity contribution in [1.82, 2.24) is 15.1 Å². The van der Waals surface area contributed by atoms with Gasteiger partial charge in [0, 0.05) is 30.0 Å². The lowest BCUT2D eigenvalue weighted by molar-refractivity contribution is -0.133. The number of nitrogens with zero attached hydrogens (tertiary/aromatic N) is 2. The molecule has 0 aliphatic carbocycles. The number of likely N-dealkylation sites (tertiary alicyclic amines) is 1. The number of hydrogen-bond acceptors (Lipinski definition) is 4. The molecule has 2 aliphatic rings. The van der Waals surface area contributed by atoms with E-state index in [1.807, 2.05) is 0 Å². The second-order valence-corrected chi connectivity index (χ2v) is 7.58. The van der Waals surface area contributed by atoms with Crippen LogP contribution in [0.4, 0.5) is 13.6 Å². The van der Waals surface area contributed by atoms with E-state index in [4.69, 9.17) is 0 Å². The number of hydrogen-bond donors (Lipinski definition) is 1. The molecule has 2 fully saturated rings. The summed E-state index contributed by atoms with van der Waals surface area (Å²) in [5.74, 6) is -0.280. The molecule has 2 aliphatic heterocycles. The van der Waals surface area contributed by atoms with Crippen LogP contribution in [0.5, 0.6) is 5.75 Å². The van der Waals surface area contributed by atoms with Gasteiger partial charge in [0.15, 0.2) is 0 Å². The van der Waals surface area contributed by atoms with Gasteiger partial charge < -0.3 is 15.0 Å². The second-order valence-electron chi connectivity index (χ2n) is 6.66. The number of ether oxygens (including phenoxy) is 1. The Balaban J connectivity index is 1.53. The van der Waals surface area contributed by atoms with Gasteiger partial charge in [-0.25, -0.2) is 4.79 Å².